The zero-order chi connectivity index (χ0) is 17.6. The number of aliphatic imine (C=N–C) groups is 1. The van der Waals surface area contributed by atoms with Gasteiger partial charge in [-0.15, -0.1) is 35.3 Å². The van der Waals surface area contributed by atoms with Crippen LogP contribution in [0.2, 0.25) is 0 Å². The maximum atomic E-state index is 13.1. The van der Waals surface area contributed by atoms with E-state index in [0.717, 1.165) is 35.2 Å². The Labute approximate surface area is 170 Å². The van der Waals surface area contributed by atoms with E-state index in [9.17, 15) is 4.39 Å². The number of rotatable bonds is 6. The van der Waals surface area contributed by atoms with Gasteiger partial charge >= 0.3 is 0 Å². The highest BCUT2D eigenvalue weighted by molar-refractivity contribution is 14.0. The average Bonchev–Trinajstić information content (AvgIpc) is 2.96. The predicted octanol–water partition coefficient (Wildman–Crippen LogP) is 3.89. The molecule has 0 saturated heterocycles. The minimum Gasteiger partial charge on any atom is -0.356 e. The summed E-state index contributed by atoms with van der Waals surface area (Å²) in [5.74, 6) is 0.550. The SMILES string of the molecule is CN=C(NCCc1csc(C)n1)NCC(C)(C)c1ccc(F)cc1.I. The van der Waals surface area contributed by atoms with Crippen LogP contribution in [0.15, 0.2) is 34.6 Å². The van der Waals surface area contributed by atoms with Crippen LogP contribution in [0.4, 0.5) is 4.39 Å². The highest BCUT2D eigenvalue weighted by Gasteiger charge is 2.20. The predicted molar refractivity (Wildman–Crippen MR) is 115 cm³/mol. The molecule has 25 heavy (non-hydrogen) atoms. The van der Waals surface area contributed by atoms with E-state index >= 15 is 0 Å². The minimum atomic E-state index is -0.211. The van der Waals surface area contributed by atoms with Crippen molar-refractivity contribution in [3.05, 3.63) is 51.7 Å². The van der Waals surface area contributed by atoms with Gasteiger partial charge in [0.15, 0.2) is 5.96 Å². The van der Waals surface area contributed by atoms with Crippen molar-refractivity contribution >= 4 is 41.3 Å². The van der Waals surface area contributed by atoms with Crippen molar-refractivity contribution < 1.29 is 4.39 Å². The van der Waals surface area contributed by atoms with Gasteiger partial charge in [-0.25, -0.2) is 9.37 Å². The molecule has 4 nitrogen and oxygen atoms in total. The molecule has 0 spiro atoms. The number of aromatic nitrogens is 1. The van der Waals surface area contributed by atoms with E-state index in [2.05, 4.69) is 39.8 Å². The quantitative estimate of drug-likeness (QED) is 0.378. The number of aryl methyl sites for hydroxylation is 1. The van der Waals surface area contributed by atoms with Crippen molar-refractivity contribution in [3.8, 4) is 0 Å². The standard InChI is InChI=1S/C18H25FN4S.HI/c1-13-23-16(11-24-13)9-10-21-17(20-4)22-12-18(2,3)14-5-7-15(19)8-6-14;/h5-8,11H,9-10,12H2,1-4H3,(H2,20,21,22);1H. The molecule has 0 atom stereocenters. The van der Waals surface area contributed by atoms with Gasteiger partial charge in [0.1, 0.15) is 5.82 Å². The fourth-order valence-electron chi connectivity index (χ4n) is 2.36. The number of hydrogen-bond acceptors (Lipinski definition) is 3. The normalized spacial score (nSPS) is 11.8. The second-order valence-electron chi connectivity index (χ2n) is 6.35. The molecule has 1 aromatic heterocycles. The number of nitrogens with zero attached hydrogens (tertiary/aromatic N) is 2. The molecule has 1 heterocycles. The third-order valence-electron chi connectivity index (χ3n) is 3.89. The van der Waals surface area contributed by atoms with Crippen LogP contribution < -0.4 is 10.6 Å². The fraction of sp³-hybridized carbons (Fsp3) is 0.444. The molecule has 0 aliphatic rings. The first kappa shape index (κ1) is 21.8. The molecule has 7 heteroatoms. The van der Waals surface area contributed by atoms with Crippen LogP contribution in [0.3, 0.4) is 0 Å². The summed E-state index contributed by atoms with van der Waals surface area (Å²) in [5.41, 5.74) is 2.06. The molecule has 0 aliphatic heterocycles. The van der Waals surface area contributed by atoms with Crippen LogP contribution in [0.1, 0.15) is 30.1 Å². The average molecular weight is 476 g/mol. The van der Waals surface area contributed by atoms with E-state index < -0.39 is 0 Å². The maximum absolute atomic E-state index is 13.1. The second kappa shape index (κ2) is 10.1. The van der Waals surface area contributed by atoms with Gasteiger partial charge < -0.3 is 10.6 Å². The van der Waals surface area contributed by atoms with E-state index in [0.29, 0.717) is 6.54 Å². The molecular formula is C18H26FIN4S. The molecule has 2 N–H and O–H groups in total. The molecule has 0 amide bonds. The molecule has 2 aromatic rings. The highest BCUT2D eigenvalue weighted by Crippen LogP contribution is 2.22. The number of benzene rings is 1. The summed E-state index contributed by atoms with van der Waals surface area (Å²) in [6, 6.07) is 6.66. The third kappa shape index (κ3) is 6.89. The first-order valence-corrected chi connectivity index (χ1v) is 8.90. The highest BCUT2D eigenvalue weighted by atomic mass is 127. The molecule has 2 rings (SSSR count). The van der Waals surface area contributed by atoms with E-state index in [1.54, 1.807) is 18.4 Å². The van der Waals surface area contributed by atoms with Crippen molar-refractivity contribution in [2.45, 2.75) is 32.6 Å². The number of hydrogen-bond donors (Lipinski definition) is 2. The number of guanidine groups is 1. The van der Waals surface area contributed by atoms with Crippen LogP contribution in [0, 0.1) is 12.7 Å². The molecule has 0 aliphatic carbocycles. The van der Waals surface area contributed by atoms with Crippen LogP contribution in [0.25, 0.3) is 0 Å². The van der Waals surface area contributed by atoms with Crippen molar-refractivity contribution in [2.75, 3.05) is 20.1 Å². The van der Waals surface area contributed by atoms with E-state index in [-0.39, 0.29) is 35.2 Å². The third-order valence-corrected chi connectivity index (χ3v) is 4.71. The topological polar surface area (TPSA) is 49.3 Å². The Morgan fingerprint density at radius 2 is 1.92 bits per heavy atom. The Morgan fingerprint density at radius 3 is 2.48 bits per heavy atom. The van der Waals surface area contributed by atoms with E-state index in [1.807, 2.05) is 19.1 Å². The van der Waals surface area contributed by atoms with Crippen molar-refractivity contribution in [1.82, 2.24) is 15.6 Å². The lowest BCUT2D eigenvalue weighted by Crippen LogP contribution is -2.44. The minimum absolute atomic E-state index is 0. The molecule has 0 bridgehead atoms. The Hall–Kier alpha value is -1.22. The largest absolute Gasteiger partial charge is 0.356 e. The Morgan fingerprint density at radius 1 is 1.24 bits per heavy atom. The summed E-state index contributed by atoms with van der Waals surface area (Å²) in [6.45, 7) is 7.74. The lowest BCUT2D eigenvalue weighted by molar-refractivity contribution is 0.507. The van der Waals surface area contributed by atoms with Crippen molar-refractivity contribution in [3.63, 3.8) is 0 Å². The zero-order valence-corrected chi connectivity index (χ0v) is 18.2. The summed E-state index contributed by atoms with van der Waals surface area (Å²) in [7, 11) is 1.76. The first-order valence-electron chi connectivity index (χ1n) is 8.02. The second-order valence-corrected chi connectivity index (χ2v) is 7.41. The molecular weight excluding hydrogens is 450 g/mol. The van der Waals surface area contributed by atoms with E-state index in [1.165, 1.54) is 12.1 Å². The van der Waals surface area contributed by atoms with Crippen LogP contribution >= 0.6 is 35.3 Å². The fourth-order valence-corrected chi connectivity index (χ4v) is 3.01. The molecule has 0 fully saturated rings. The smallest absolute Gasteiger partial charge is 0.191 e. The lowest BCUT2D eigenvalue weighted by Gasteiger charge is -2.26. The van der Waals surface area contributed by atoms with Gasteiger partial charge in [-0.1, -0.05) is 26.0 Å². The van der Waals surface area contributed by atoms with Crippen molar-refractivity contribution in [1.29, 1.82) is 0 Å². The summed E-state index contributed by atoms with van der Waals surface area (Å²) in [4.78, 5) is 8.70. The van der Waals surface area contributed by atoms with Crippen LogP contribution in [-0.4, -0.2) is 31.1 Å². The maximum Gasteiger partial charge on any atom is 0.191 e. The molecule has 0 radical (unpaired) electrons. The van der Waals surface area contributed by atoms with Crippen LogP contribution in [-0.2, 0) is 11.8 Å². The molecule has 0 saturated carbocycles. The van der Waals surface area contributed by atoms with Gasteiger partial charge in [0.2, 0.25) is 0 Å². The summed E-state index contributed by atoms with van der Waals surface area (Å²) < 4.78 is 13.1. The van der Waals surface area contributed by atoms with Crippen LogP contribution in [0.5, 0.6) is 0 Å². The first-order chi connectivity index (χ1) is 11.4. The molecule has 138 valence electrons. The number of halogens is 2. The molecule has 0 unspecified atom stereocenters. The van der Waals surface area contributed by atoms with Crippen molar-refractivity contribution in [2.24, 2.45) is 4.99 Å². The summed E-state index contributed by atoms with van der Waals surface area (Å²) in [6.07, 6.45) is 0.867. The van der Waals surface area contributed by atoms with Gasteiger partial charge in [-0.05, 0) is 24.6 Å². The van der Waals surface area contributed by atoms with Gasteiger partial charge in [-0.3, -0.25) is 4.99 Å². The Kier molecular flexibility index (Phi) is 8.78. The monoisotopic (exact) mass is 476 g/mol. The van der Waals surface area contributed by atoms with E-state index in [4.69, 9.17) is 0 Å². The van der Waals surface area contributed by atoms with Gasteiger partial charge in [0.25, 0.3) is 0 Å². The lowest BCUT2D eigenvalue weighted by atomic mass is 9.84. The summed E-state index contributed by atoms with van der Waals surface area (Å²) >= 11 is 1.67. The van der Waals surface area contributed by atoms with Gasteiger partial charge in [0, 0.05) is 37.4 Å². The van der Waals surface area contributed by atoms with Gasteiger partial charge in [-0.2, -0.15) is 0 Å². The molecule has 1 aromatic carbocycles. The van der Waals surface area contributed by atoms with Gasteiger partial charge in [0.05, 0.1) is 10.7 Å². The zero-order valence-electron chi connectivity index (χ0n) is 15.1. The number of thiazole rings is 1. The number of nitrogens with one attached hydrogen (secondary N) is 2. The Bertz CT molecular complexity index is 683. The summed E-state index contributed by atoms with van der Waals surface area (Å²) in [5, 5.41) is 9.82. The Balaban J connectivity index is 0.00000312.